The second kappa shape index (κ2) is 3.78. The fourth-order valence-electron chi connectivity index (χ4n) is 1.50. The van der Waals surface area contributed by atoms with E-state index in [-0.39, 0.29) is 6.03 Å². The lowest BCUT2D eigenvalue weighted by atomic mass is 10.0. The molecule has 70 valence electrons. The lowest BCUT2D eigenvalue weighted by Crippen LogP contribution is -2.32. The Kier molecular flexibility index (Phi) is 2.95. The van der Waals surface area contributed by atoms with Crippen LogP contribution >= 0.6 is 0 Å². The highest BCUT2D eigenvalue weighted by Gasteiger charge is 2.29. The van der Waals surface area contributed by atoms with Gasteiger partial charge in [0.15, 0.2) is 0 Å². The van der Waals surface area contributed by atoms with Crippen LogP contribution in [-0.2, 0) is 0 Å². The first-order valence-electron chi connectivity index (χ1n) is 4.74. The fraction of sp³-hybridized carbons (Fsp3) is 0.889. The first-order chi connectivity index (χ1) is 5.69. The topological polar surface area (TPSA) is 32.3 Å². The predicted octanol–water partition coefficient (Wildman–Crippen LogP) is 1.45. The summed E-state index contributed by atoms with van der Waals surface area (Å²) in [5, 5.41) is 2.99. The Bertz CT molecular complexity index is 170. The van der Waals surface area contributed by atoms with Gasteiger partial charge in [0.25, 0.3) is 0 Å². The van der Waals surface area contributed by atoms with Crippen LogP contribution in [0.2, 0.25) is 0 Å². The van der Waals surface area contributed by atoms with Crippen molar-refractivity contribution >= 4 is 6.03 Å². The third kappa shape index (κ3) is 1.71. The number of urea groups is 1. The molecule has 1 aliphatic heterocycles. The molecular formula is C9H18N2O. The van der Waals surface area contributed by atoms with Gasteiger partial charge in [-0.05, 0) is 12.8 Å². The van der Waals surface area contributed by atoms with Crippen molar-refractivity contribution in [3.63, 3.8) is 0 Å². The molecule has 1 aliphatic rings. The summed E-state index contributed by atoms with van der Waals surface area (Å²) < 4.78 is 0. The van der Waals surface area contributed by atoms with E-state index in [1.165, 1.54) is 0 Å². The Balaban J connectivity index is 2.48. The number of amides is 2. The molecule has 0 saturated carbocycles. The monoisotopic (exact) mass is 170 g/mol. The Hall–Kier alpha value is -0.730. The van der Waals surface area contributed by atoms with Gasteiger partial charge in [-0.1, -0.05) is 20.3 Å². The molecule has 1 rings (SSSR count). The molecule has 1 saturated heterocycles. The van der Waals surface area contributed by atoms with Gasteiger partial charge in [0, 0.05) is 13.1 Å². The predicted molar refractivity (Wildman–Crippen MR) is 49.0 cm³/mol. The molecular weight excluding hydrogens is 152 g/mol. The lowest BCUT2D eigenvalue weighted by Gasteiger charge is -2.16. The number of likely N-dealkylation sites (N-methyl/N-ethyl adjacent to an activating group) is 1. The summed E-state index contributed by atoms with van der Waals surface area (Å²) in [6.45, 7) is 8.05. The van der Waals surface area contributed by atoms with Crippen molar-refractivity contribution in [1.29, 1.82) is 0 Å². The molecule has 1 fully saturated rings. The van der Waals surface area contributed by atoms with Gasteiger partial charge < -0.3 is 10.2 Å². The summed E-state index contributed by atoms with van der Waals surface area (Å²) in [5.74, 6) is 0.588. The average Bonchev–Trinajstić information content (AvgIpc) is 2.45. The van der Waals surface area contributed by atoms with Crippen LogP contribution in [0.25, 0.3) is 0 Å². The Morgan fingerprint density at radius 3 is 2.75 bits per heavy atom. The van der Waals surface area contributed by atoms with Crippen LogP contribution in [0.5, 0.6) is 0 Å². The van der Waals surface area contributed by atoms with E-state index in [1.807, 2.05) is 11.8 Å². The summed E-state index contributed by atoms with van der Waals surface area (Å²) >= 11 is 0. The molecule has 1 heterocycles. The number of rotatable bonds is 3. The van der Waals surface area contributed by atoms with Gasteiger partial charge in [0.1, 0.15) is 0 Å². The number of nitrogens with one attached hydrogen (secondary N) is 1. The SMILES string of the molecule is CCC(C)C1CN(CC)C(=O)N1. The van der Waals surface area contributed by atoms with Crippen LogP contribution in [-0.4, -0.2) is 30.1 Å². The van der Waals surface area contributed by atoms with E-state index < -0.39 is 0 Å². The molecule has 0 spiro atoms. The third-order valence-corrected chi connectivity index (χ3v) is 2.73. The summed E-state index contributed by atoms with van der Waals surface area (Å²) in [6, 6.07) is 0.463. The van der Waals surface area contributed by atoms with Gasteiger partial charge in [0.05, 0.1) is 6.04 Å². The minimum absolute atomic E-state index is 0.0998. The normalized spacial score (nSPS) is 25.8. The Morgan fingerprint density at radius 1 is 1.67 bits per heavy atom. The number of nitrogens with zero attached hydrogens (tertiary/aromatic N) is 1. The van der Waals surface area contributed by atoms with E-state index in [9.17, 15) is 4.79 Å². The summed E-state index contributed by atoms with van der Waals surface area (Å²) in [4.78, 5) is 13.1. The second-order valence-electron chi connectivity index (χ2n) is 3.48. The molecule has 0 aliphatic carbocycles. The standard InChI is InChI=1S/C9H18N2O/c1-4-7(3)8-6-11(5-2)9(12)10-8/h7-8H,4-6H2,1-3H3,(H,10,12). The molecule has 1 N–H and O–H groups in total. The van der Waals surface area contributed by atoms with Crippen molar-refractivity contribution in [3.05, 3.63) is 0 Å². The molecule has 0 aromatic heterocycles. The fourth-order valence-corrected chi connectivity index (χ4v) is 1.50. The zero-order valence-corrected chi connectivity index (χ0v) is 8.13. The molecule has 0 aromatic rings. The van der Waals surface area contributed by atoms with E-state index >= 15 is 0 Å². The van der Waals surface area contributed by atoms with Crippen LogP contribution in [0.3, 0.4) is 0 Å². The molecule has 0 radical (unpaired) electrons. The van der Waals surface area contributed by atoms with E-state index in [0.29, 0.717) is 12.0 Å². The van der Waals surface area contributed by atoms with Gasteiger partial charge in [-0.15, -0.1) is 0 Å². The second-order valence-corrected chi connectivity index (χ2v) is 3.48. The van der Waals surface area contributed by atoms with Crippen molar-refractivity contribution in [2.24, 2.45) is 5.92 Å². The number of carbonyl (C=O) groups excluding carboxylic acids is 1. The zero-order chi connectivity index (χ0) is 9.14. The summed E-state index contributed by atoms with van der Waals surface area (Å²) in [6.07, 6.45) is 1.13. The largest absolute Gasteiger partial charge is 0.333 e. The maximum Gasteiger partial charge on any atom is 0.317 e. The van der Waals surface area contributed by atoms with E-state index in [0.717, 1.165) is 19.5 Å². The quantitative estimate of drug-likeness (QED) is 0.683. The smallest absolute Gasteiger partial charge is 0.317 e. The highest BCUT2D eigenvalue weighted by Crippen LogP contribution is 2.14. The van der Waals surface area contributed by atoms with Crippen molar-refractivity contribution in [2.45, 2.75) is 33.2 Å². The highest BCUT2D eigenvalue weighted by atomic mass is 16.2. The number of hydrogen-bond donors (Lipinski definition) is 1. The Labute approximate surface area is 74.1 Å². The minimum atomic E-state index is 0.0998. The maximum absolute atomic E-state index is 11.3. The molecule has 2 amide bonds. The van der Waals surface area contributed by atoms with Gasteiger partial charge >= 0.3 is 6.03 Å². The molecule has 3 nitrogen and oxygen atoms in total. The first-order valence-corrected chi connectivity index (χ1v) is 4.74. The number of carbonyl (C=O) groups is 1. The van der Waals surface area contributed by atoms with Gasteiger partial charge in [-0.2, -0.15) is 0 Å². The lowest BCUT2D eigenvalue weighted by molar-refractivity contribution is 0.219. The number of hydrogen-bond acceptors (Lipinski definition) is 1. The molecule has 3 heteroatoms. The van der Waals surface area contributed by atoms with E-state index in [4.69, 9.17) is 0 Å². The van der Waals surface area contributed by atoms with Gasteiger partial charge in [-0.25, -0.2) is 4.79 Å². The Morgan fingerprint density at radius 2 is 2.33 bits per heavy atom. The van der Waals surface area contributed by atoms with Gasteiger partial charge in [-0.3, -0.25) is 0 Å². The molecule has 2 unspecified atom stereocenters. The molecule has 12 heavy (non-hydrogen) atoms. The van der Waals surface area contributed by atoms with Crippen molar-refractivity contribution in [1.82, 2.24) is 10.2 Å². The molecule has 2 atom stereocenters. The van der Waals surface area contributed by atoms with Crippen LogP contribution in [0, 0.1) is 5.92 Å². The molecule has 0 bridgehead atoms. The summed E-state index contributed by atoms with van der Waals surface area (Å²) in [7, 11) is 0. The van der Waals surface area contributed by atoms with Crippen LogP contribution < -0.4 is 5.32 Å². The van der Waals surface area contributed by atoms with Gasteiger partial charge in [0.2, 0.25) is 0 Å². The van der Waals surface area contributed by atoms with Crippen molar-refractivity contribution in [3.8, 4) is 0 Å². The average molecular weight is 170 g/mol. The van der Waals surface area contributed by atoms with Crippen LogP contribution in [0.15, 0.2) is 0 Å². The van der Waals surface area contributed by atoms with Crippen molar-refractivity contribution in [2.75, 3.05) is 13.1 Å². The zero-order valence-electron chi connectivity index (χ0n) is 8.13. The molecule has 0 aromatic carbocycles. The first kappa shape index (κ1) is 9.36. The van der Waals surface area contributed by atoms with Crippen LogP contribution in [0.4, 0.5) is 4.79 Å². The van der Waals surface area contributed by atoms with Crippen molar-refractivity contribution < 1.29 is 4.79 Å². The van der Waals surface area contributed by atoms with Crippen LogP contribution in [0.1, 0.15) is 27.2 Å². The third-order valence-electron chi connectivity index (χ3n) is 2.73. The minimum Gasteiger partial charge on any atom is -0.333 e. The highest BCUT2D eigenvalue weighted by molar-refractivity contribution is 5.76. The maximum atomic E-state index is 11.3. The van der Waals surface area contributed by atoms with E-state index in [2.05, 4.69) is 19.2 Å². The summed E-state index contributed by atoms with van der Waals surface area (Å²) in [5.41, 5.74) is 0. The van der Waals surface area contributed by atoms with E-state index in [1.54, 1.807) is 0 Å².